The third-order valence-corrected chi connectivity index (χ3v) is 2.26. The lowest BCUT2D eigenvalue weighted by Crippen LogP contribution is -2.48. The number of halogens is 1. The summed E-state index contributed by atoms with van der Waals surface area (Å²) in [7, 11) is 0. The summed E-state index contributed by atoms with van der Waals surface area (Å²) in [5, 5.41) is 24.0. The summed E-state index contributed by atoms with van der Waals surface area (Å²) >= 11 is 0. The average Bonchev–Trinajstić information content (AvgIpc) is 2.30. The zero-order valence-corrected chi connectivity index (χ0v) is 10.4. The van der Waals surface area contributed by atoms with Gasteiger partial charge in [-0.3, -0.25) is 10.1 Å². The molecular formula is C11H14FN3O4. The monoisotopic (exact) mass is 271 g/mol. The van der Waals surface area contributed by atoms with E-state index >= 15 is 0 Å². The van der Waals surface area contributed by atoms with Crippen molar-refractivity contribution in [2.24, 2.45) is 0 Å². The molecule has 1 aromatic rings. The molecule has 3 N–H and O–H groups in total. The van der Waals surface area contributed by atoms with Crippen LogP contribution < -0.4 is 10.6 Å². The summed E-state index contributed by atoms with van der Waals surface area (Å²) < 4.78 is 13.5. The average molecular weight is 271 g/mol. The number of amides is 2. The summed E-state index contributed by atoms with van der Waals surface area (Å²) in [6.45, 7) is 2.88. The summed E-state index contributed by atoms with van der Waals surface area (Å²) in [6, 6.07) is 2.17. The van der Waals surface area contributed by atoms with Crippen molar-refractivity contribution in [2.75, 3.05) is 11.9 Å². The quantitative estimate of drug-likeness (QED) is 0.571. The number of carbonyl (C=O) groups excluding carboxylic acids is 1. The van der Waals surface area contributed by atoms with Crippen LogP contribution in [0.2, 0.25) is 0 Å². The molecule has 0 saturated carbocycles. The van der Waals surface area contributed by atoms with Gasteiger partial charge in [0, 0.05) is 6.07 Å². The first-order valence-electron chi connectivity index (χ1n) is 5.39. The lowest BCUT2D eigenvalue weighted by molar-refractivity contribution is -0.385. The summed E-state index contributed by atoms with van der Waals surface area (Å²) in [5.41, 5.74) is -1.45. The number of nitro benzene ring substituents is 1. The van der Waals surface area contributed by atoms with Gasteiger partial charge >= 0.3 is 6.03 Å². The predicted molar refractivity (Wildman–Crippen MR) is 66.4 cm³/mol. The molecule has 19 heavy (non-hydrogen) atoms. The highest BCUT2D eigenvalue weighted by molar-refractivity contribution is 5.90. The minimum Gasteiger partial charge on any atom is -0.394 e. The van der Waals surface area contributed by atoms with Gasteiger partial charge in [0.05, 0.1) is 28.8 Å². The van der Waals surface area contributed by atoms with Gasteiger partial charge in [0.1, 0.15) is 0 Å². The Hall–Kier alpha value is -2.22. The molecule has 1 rings (SSSR count). The maximum absolute atomic E-state index is 13.5. The maximum atomic E-state index is 13.5. The van der Waals surface area contributed by atoms with Crippen LogP contribution in [0.15, 0.2) is 18.2 Å². The number of nitrogens with zero attached hydrogens (tertiary/aromatic N) is 1. The number of benzene rings is 1. The van der Waals surface area contributed by atoms with Crippen LogP contribution in [0.1, 0.15) is 13.8 Å². The van der Waals surface area contributed by atoms with Gasteiger partial charge in [-0.2, -0.15) is 0 Å². The van der Waals surface area contributed by atoms with E-state index in [1.54, 1.807) is 13.8 Å². The van der Waals surface area contributed by atoms with Gasteiger partial charge < -0.3 is 15.7 Å². The fraction of sp³-hybridized carbons (Fsp3) is 0.364. The Bertz CT molecular complexity index is 505. The van der Waals surface area contributed by atoms with Crippen molar-refractivity contribution in [3.63, 3.8) is 0 Å². The van der Waals surface area contributed by atoms with E-state index in [9.17, 15) is 19.3 Å². The van der Waals surface area contributed by atoms with Crippen LogP contribution in [-0.4, -0.2) is 28.2 Å². The molecule has 0 aromatic heterocycles. The number of hydrogen-bond acceptors (Lipinski definition) is 4. The molecule has 2 amide bonds. The predicted octanol–water partition coefficient (Wildman–Crippen LogP) is 1.63. The first-order chi connectivity index (χ1) is 8.75. The van der Waals surface area contributed by atoms with Gasteiger partial charge in [0.2, 0.25) is 0 Å². The van der Waals surface area contributed by atoms with E-state index in [2.05, 4.69) is 10.6 Å². The molecule has 104 valence electrons. The molecule has 1 aromatic carbocycles. The number of aliphatic hydroxyl groups is 1. The molecule has 0 bridgehead atoms. The Morgan fingerprint density at radius 1 is 1.53 bits per heavy atom. The first kappa shape index (κ1) is 14.8. The largest absolute Gasteiger partial charge is 0.394 e. The third-order valence-electron chi connectivity index (χ3n) is 2.26. The first-order valence-corrected chi connectivity index (χ1v) is 5.39. The number of rotatable bonds is 4. The second-order valence-electron chi connectivity index (χ2n) is 4.54. The van der Waals surface area contributed by atoms with E-state index in [1.165, 1.54) is 0 Å². The minimum atomic E-state index is -0.911. The molecule has 0 heterocycles. The smallest absolute Gasteiger partial charge is 0.319 e. The number of aliphatic hydroxyl groups excluding tert-OH is 1. The summed E-state index contributed by atoms with van der Waals surface area (Å²) in [6.07, 6.45) is 0. The van der Waals surface area contributed by atoms with Gasteiger partial charge in [-0.05, 0) is 19.9 Å². The lowest BCUT2D eigenvalue weighted by atomic mass is 10.1. The molecule has 0 radical (unpaired) electrons. The van der Waals surface area contributed by atoms with E-state index in [0.29, 0.717) is 6.07 Å². The number of non-ortho nitro benzene ring substituents is 1. The second-order valence-corrected chi connectivity index (χ2v) is 4.54. The van der Waals surface area contributed by atoms with Crippen LogP contribution >= 0.6 is 0 Å². The topological polar surface area (TPSA) is 104 Å². The Balaban J connectivity index is 2.78. The standard InChI is InChI=1S/C11H14FN3O4/c1-11(2,6-16)14-10(17)13-9-4-3-7(15(18)19)5-8(9)12/h3-5,16H,6H2,1-2H3,(H2,13,14,17). The van der Waals surface area contributed by atoms with Gasteiger partial charge in [-0.1, -0.05) is 0 Å². The third kappa shape index (κ3) is 4.18. The highest BCUT2D eigenvalue weighted by Gasteiger charge is 2.20. The molecule has 0 unspecified atom stereocenters. The van der Waals surface area contributed by atoms with Crippen molar-refractivity contribution in [3.8, 4) is 0 Å². The van der Waals surface area contributed by atoms with Gasteiger partial charge in [-0.15, -0.1) is 0 Å². The molecule has 0 spiro atoms. The number of nitrogens with one attached hydrogen (secondary N) is 2. The van der Waals surface area contributed by atoms with Crippen molar-refractivity contribution in [1.82, 2.24) is 5.32 Å². The van der Waals surface area contributed by atoms with E-state index in [-0.39, 0.29) is 12.3 Å². The van der Waals surface area contributed by atoms with Gasteiger partial charge in [0.25, 0.3) is 5.69 Å². The molecule has 8 heteroatoms. The number of carbonyl (C=O) groups is 1. The van der Waals surface area contributed by atoms with Gasteiger partial charge in [-0.25, -0.2) is 9.18 Å². The van der Waals surface area contributed by atoms with Crippen LogP contribution in [0.25, 0.3) is 0 Å². The van der Waals surface area contributed by atoms with Crippen LogP contribution in [0.5, 0.6) is 0 Å². The summed E-state index contributed by atoms with van der Waals surface area (Å²) in [4.78, 5) is 21.2. The Labute approximate surface area is 108 Å². The van der Waals surface area contributed by atoms with Crippen molar-refractivity contribution in [1.29, 1.82) is 0 Å². The molecule has 7 nitrogen and oxygen atoms in total. The van der Waals surface area contributed by atoms with E-state index in [0.717, 1.165) is 12.1 Å². The zero-order valence-electron chi connectivity index (χ0n) is 10.4. The molecule has 0 aliphatic heterocycles. The molecule has 0 saturated heterocycles. The van der Waals surface area contributed by atoms with Crippen molar-refractivity contribution in [3.05, 3.63) is 34.1 Å². The number of anilines is 1. The Morgan fingerprint density at radius 3 is 2.63 bits per heavy atom. The van der Waals surface area contributed by atoms with Crippen LogP contribution in [0.3, 0.4) is 0 Å². The zero-order chi connectivity index (χ0) is 14.6. The molecular weight excluding hydrogens is 257 g/mol. The van der Waals surface area contributed by atoms with Crippen LogP contribution in [0.4, 0.5) is 20.6 Å². The molecule has 0 aliphatic rings. The lowest BCUT2D eigenvalue weighted by Gasteiger charge is -2.23. The van der Waals surface area contributed by atoms with E-state index < -0.39 is 28.0 Å². The molecule has 0 aliphatic carbocycles. The highest BCUT2D eigenvalue weighted by atomic mass is 19.1. The Kier molecular flexibility index (Phi) is 4.38. The number of urea groups is 1. The maximum Gasteiger partial charge on any atom is 0.319 e. The van der Waals surface area contributed by atoms with Gasteiger partial charge in [0.15, 0.2) is 5.82 Å². The van der Waals surface area contributed by atoms with Crippen molar-refractivity contribution < 1.29 is 19.2 Å². The van der Waals surface area contributed by atoms with Crippen LogP contribution in [-0.2, 0) is 0 Å². The van der Waals surface area contributed by atoms with Crippen molar-refractivity contribution in [2.45, 2.75) is 19.4 Å². The Morgan fingerprint density at radius 2 is 2.16 bits per heavy atom. The fourth-order valence-corrected chi connectivity index (χ4v) is 1.22. The number of hydrogen-bond donors (Lipinski definition) is 3. The number of nitro groups is 1. The molecule has 0 atom stereocenters. The molecule has 0 fully saturated rings. The second kappa shape index (κ2) is 5.61. The highest BCUT2D eigenvalue weighted by Crippen LogP contribution is 2.20. The van der Waals surface area contributed by atoms with E-state index in [1.807, 2.05) is 0 Å². The minimum absolute atomic E-state index is 0.183. The van der Waals surface area contributed by atoms with Crippen LogP contribution in [0, 0.1) is 15.9 Å². The SMILES string of the molecule is CC(C)(CO)NC(=O)Nc1ccc([N+](=O)[O-])cc1F. The fourth-order valence-electron chi connectivity index (χ4n) is 1.22. The van der Waals surface area contributed by atoms with E-state index in [4.69, 9.17) is 5.11 Å². The normalized spacial score (nSPS) is 10.9. The summed E-state index contributed by atoms with van der Waals surface area (Å²) in [5.74, 6) is -0.911. The van der Waals surface area contributed by atoms with Crippen molar-refractivity contribution >= 4 is 17.4 Å².